The maximum atomic E-state index is 12.1. The Morgan fingerprint density at radius 1 is 0.852 bits per heavy atom. The Hall–Kier alpha value is -3.68. The van der Waals surface area contributed by atoms with Gasteiger partial charge in [-0.05, 0) is 43.3 Å². The van der Waals surface area contributed by atoms with E-state index >= 15 is 0 Å². The first kappa shape index (κ1) is 19.6. The van der Waals surface area contributed by atoms with Gasteiger partial charge >= 0.3 is 23.8 Å². The minimum atomic E-state index is -0.958. The zero-order chi connectivity index (χ0) is 19.8. The van der Waals surface area contributed by atoms with E-state index in [1.807, 2.05) is 0 Å². The number of amides is 2. The van der Waals surface area contributed by atoms with Crippen molar-refractivity contribution in [1.82, 2.24) is 0 Å². The van der Waals surface area contributed by atoms with Crippen molar-refractivity contribution < 1.29 is 28.7 Å². The van der Waals surface area contributed by atoms with Gasteiger partial charge in [0.25, 0.3) is 0 Å². The molecule has 0 aliphatic rings. The number of carbonyl (C=O) groups is 4. The summed E-state index contributed by atoms with van der Waals surface area (Å²) in [7, 11) is 1.22. The predicted molar refractivity (Wildman–Crippen MR) is 97.4 cm³/mol. The largest absolute Gasteiger partial charge is 0.465 e. The number of methoxy groups -OCH3 is 1. The van der Waals surface area contributed by atoms with Gasteiger partial charge in [-0.25, -0.2) is 9.59 Å². The van der Waals surface area contributed by atoms with Crippen LogP contribution in [0.5, 0.6) is 0 Å². The van der Waals surface area contributed by atoms with Gasteiger partial charge in [0.1, 0.15) is 0 Å². The van der Waals surface area contributed by atoms with E-state index < -0.39 is 23.8 Å². The highest BCUT2D eigenvalue weighted by Gasteiger charge is 2.18. The summed E-state index contributed by atoms with van der Waals surface area (Å²) in [4.78, 5) is 47.4. The zero-order valence-corrected chi connectivity index (χ0v) is 14.8. The van der Waals surface area contributed by atoms with Gasteiger partial charge in [-0.1, -0.05) is 12.1 Å². The molecule has 0 saturated carbocycles. The third kappa shape index (κ3) is 5.15. The summed E-state index contributed by atoms with van der Waals surface area (Å²) >= 11 is 0. The Morgan fingerprint density at radius 2 is 1.48 bits per heavy atom. The number of esters is 2. The lowest BCUT2D eigenvalue weighted by Gasteiger charge is -2.10. The second kappa shape index (κ2) is 9.14. The van der Waals surface area contributed by atoms with Crippen LogP contribution >= 0.6 is 0 Å². The fourth-order valence-corrected chi connectivity index (χ4v) is 2.15. The molecule has 2 N–H and O–H groups in total. The van der Waals surface area contributed by atoms with E-state index in [-0.39, 0.29) is 17.9 Å². The van der Waals surface area contributed by atoms with Gasteiger partial charge in [-0.3, -0.25) is 9.59 Å². The number of para-hydroxylation sites is 1. The van der Waals surface area contributed by atoms with Crippen LogP contribution in [-0.4, -0.2) is 37.5 Å². The van der Waals surface area contributed by atoms with Crippen molar-refractivity contribution in [2.24, 2.45) is 0 Å². The molecule has 140 valence electrons. The summed E-state index contributed by atoms with van der Waals surface area (Å²) in [5.41, 5.74) is 0.929. The summed E-state index contributed by atoms with van der Waals surface area (Å²) < 4.78 is 9.50. The molecule has 8 heteroatoms. The van der Waals surface area contributed by atoms with Gasteiger partial charge in [0, 0.05) is 5.69 Å². The highest BCUT2D eigenvalue weighted by Crippen LogP contribution is 2.16. The molecule has 2 rings (SSSR count). The van der Waals surface area contributed by atoms with Gasteiger partial charge in [0.05, 0.1) is 30.5 Å². The molecular weight excluding hydrogens is 352 g/mol. The molecule has 0 unspecified atom stereocenters. The summed E-state index contributed by atoms with van der Waals surface area (Å²) in [6.07, 6.45) is 0. The molecule has 0 bridgehead atoms. The lowest BCUT2D eigenvalue weighted by molar-refractivity contribution is -0.133. The molecular formula is C19H18N2O6. The molecule has 2 amide bonds. The molecule has 8 nitrogen and oxygen atoms in total. The minimum Gasteiger partial charge on any atom is -0.465 e. The molecule has 0 saturated heterocycles. The Labute approximate surface area is 155 Å². The second-order valence-electron chi connectivity index (χ2n) is 5.24. The van der Waals surface area contributed by atoms with Gasteiger partial charge in [-0.15, -0.1) is 0 Å². The van der Waals surface area contributed by atoms with E-state index in [0.717, 1.165) is 0 Å². The van der Waals surface area contributed by atoms with Gasteiger partial charge in [0.15, 0.2) is 0 Å². The number of hydrogen-bond acceptors (Lipinski definition) is 6. The van der Waals surface area contributed by atoms with E-state index in [9.17, 15) is 19.2 Å². The van der Waals surface area contributed by atoms with E-state index in [4.69, 9.17) is 4.74 Å². The van der Waals surface area contributed by atoms with Crippen molar-refractivity contribution in [3.63, 3.8) is 0 Å². The quantitative estimate of drug-likeness (QED) is 0.617. The van der Waals surface area contributed by atoms with Crippen molar-refractivity contribution >= 4 is 35.1 Å². The summed E-state index contributed by atoms with van der Waals surface area (Å²) in [6, 6.07) is 12.0. The van der Waals surface area contributed by atoms with Crippen LogP contribution in [0.2, 0.25) is 0 Å². The average Bonchev–Trinajstić information content (AvgIpc) is 2.68. The predicted octanol–water partition coefficient (Wildman–Crippen LogP) is 2.23. The number of anilines is 2. The molecule has 0 aliphatic carbocycles. The molecule has 0 radical (unpaired) electrons. The first-order valence-electron chi connectivity index (χ1n) is 8.03. The Kier molecular flexibility index (Phi) is 6.65. The minimum absolute atomic E-state index is 0.125. The first-order chi connectivity index (χ1) is 13.0. The fourth-order valence-electron chi connectivity index (χ4n) is 2.15. The molecule has 2 aromatic rings. The van der Waals surface area contributed by atoms with E-state index in [1.54, 1.807) is 19.1 Å². The number of ether oxygens (including phenoxy) is 2. The maximum absolute atomic E-state index is 12.1. The van der Waals surface area contributed by atoms with E-state index in [2.05, 4.69) is 15.4 Å². The Balaban J connectivity index is 2.03. The van der Waals surface area contributed by atoms with Crippen molar-refractivity contribution in [2.75, 3.05) is 24.4 Å². The maximum Gasteiger partial charge on any atom is 0.339 e. The number of rotatable bonds is 5. The van der Waals surface area contributed by atoms with Crippen LogP contribution in [0.4, 0.5) is 11.4 Å². The van der Waals surface area contributed by atoms with Crippen LogP contribution in [-0.2, 0) is 19.1 Å². The Morgan fingerprint density at radius 3 is 2.11 bits per heavy atom. The molecule has 0 fully saturated rings. The molecule has 0 atom stereocenters. The van der Waals surface area contributed by atoms with Gasteiger partial charge < -0.3 is 20.1 Å². The smallest absolute Gasteiger partial charge is 0.339 e. The molecule has 0 aliphatic heterocycles. The van der Waals surface area contributed by atoms with Crippen LogP contribution in [0.3, 0.4) is 0 Å². The average molecular weight is 370 g/mol. The zero-order valence-electron chi connectivity index (χ0n) is 14.8. The van der Waals surface area contributed by atoms with E-state index in [1.165, 1.54) is 43.5 Å². The van der Waals surface area contributed by atoms with Crippen LogP contribution in [0.1, 0.15) is 27.6 Å². The number of benzene rings is 2. The first-order valence-corrected chi connectivity index (χ1v) is 8.03. The lowest BCUT2D eigenvalue weighted by Crippen LogP contribution is -2.29. The second-order valence-corrected chi connectivity index (χ2v) is 5.24. The molecule has 0 spiro atoms. The highest BCUT2D eigenvalue weighted by molar-refractivity contribution is 6.44. The van der Waals surface area contributed by atoms with Gasteiger partial charge in [0.2, 0.25) is 0 Å². The Bertz CT molecular complexity index is 861. The van der Waals surface area contributed by atoms with Crippen LogP contribution in [0.15, 0.2) is 48.5 Å². The fraction of sp³-hybridized carbons (Fsp3) is 0.158. The van der Waals surface area contributed by atoms with Crippen molar-refractivity contribution in [1.29, 1.82) is 0 Å². The lowest BCUT2D eigenvalue weighted by atomic mass is 10.2. The third-order valence-corrected chi connectivity index (χ3v) is 3.44. The monoisotopic (exact) mass is 370 g/mol. The van der Waals surface area contributed by atoms with Crippen LogP contribution in [0.25, 0.3) is 0 Å². The summed E-state index contributed by atoms with van der Waals surface area (Å²) in [5, 5.41) is 4.77. The van der Waals surface area contributed by atoms with Crippen molar-refractivity contribution in [3.05, 3.63) is 59.7 Å². The van der Waals surface area contributed by atoms with Crippen LogP contribution < -0.4 is 10.6 Å². The standard InChI is InChI=1S/C19H18N2O6/c1-3-27-18(24)12-8-10-13(11-9-12)20-16(22)17(23)21-15-7-5-4-6-14(15)19(25)26-2/h4-11H,3H2,1-2H3,(H,20,22)(H,21,23). The topological polar surface area (TPSA) is 111 Å². The molecule has 0 heterocycles. The molecule has 27 heavy (non-hydrogen) atoms. The van der Waals surface area contributed by atoms with Crippen molar-refractivity contribution in [3.8, 4) is 0 Å². The number of nitrogens with one attached hydrogen (secondary N) is 2. The summed E-state index contributed by atoms with van der Waals surface area (Å²) in [5.74, 6) is -3.01. The SMILES string of the molecule is CCOC(=O)c1ccc(NC(=O)C(=O)Nc2ccccc2C(=O)OC)cc1. The molecule has 0 aromatic heterocycles. The number of hydrogen-bond donors (Lipinski definition) is 2. The summed E-state index contributed by atoms with van der Waals surface area (Å²) in [6.45, 7) is 1.95. The third-order valence-electron chi connectivity index (χ3n) is 3.44. The molecule has 2 aromatic carbocycles. The van der Waals surface area contributed by atoms with Crippen molar-refractivity contribution in [2.45, 2.75) is 6.92 Å². The van der Waals surface area contributed by atoms with Gasteiger partial charge in [-0.2, -0.15) is 0 Å². The highest BCUT2D eigenvalue weighted by atomic mass is 16.5. The number of carbonyl (C=O) groups excluding carboxylic acids is 4. The van der Waals surface area contributed by atoms with E-state index in [0.29, 0.717) is 11.3 Å². The normalized spacial score (nSPS) is 9.85. The van der Waals surface area contributed by atoms with Crippen LogP contribution in [0, 0.1) is 0 Å².